The lowest BCUT2D eigenvalue weighted by Crippen LogP contribution is -2.30. The highest BCUT2D eigenvalue weighted by molar-refractivity contribution is 7.18. The van der Waals surface area contributed by atoms with E-state index in [9.17, 15) is 4.79 Å². The Bertz CT molecular complexity index is 662. The van der Waals surface area contributed by atoms with Gasteiger partial charge in [0.1, 0.15) is 10.7 Å². The zero-order chi connectivity index (χ0) is 15.0. The van der Waals surface area contributed by atoms with Crippen molar-refractivity contribution < 1.29 is 4.79 Å². The number of thiophene rings is 1. The average Bonchev–Trinajstić information content (AvgIpc) is 3.05. The molecule has 1 amide bonds. The van der Waals surface area contributed by atoms with E-state index in [4.69, 9.17) is 5.73 Å². The molecule has 21 heavy (non-hydrogen) atoms. The number of aromatic nitrogens is 1. The van der Waals surface area contributed by atoms with E-state index in [1.165, 1.54) is 21.8 Å². The minimum atomic E-state index is -0.123. The smallest absolute Gasteiger partial charge is 0.265 e. The number of hydrogen-bond acceptors (Lipinski definition) is 6. The van der Waals surface area contributed by atoms with E-state index in [0.717, 1.165) is 24.4 Å². The molecule has 2 heterocycles. The third-order valence-corrected chi connectivity index (χ3v) is 5.82. The number of anilines is 2. The fourth-order valence-electron chi connectivity index (χ4n) is 2.53. The number of aryl methyl sites for hydroxylation is 1. The maximum absolute atomic E-state index is 12.5. The molecule has 0 saturated heterocycles. The molecule has 7 heteroatoms. The molecule has 0 saturated carbocycles. The Morgan fingerprint density at radius 2 is 2.33 bits per heavy atom. The first-order chi connectivity index (χ1) is 10.1. The standard InChI is InChI=1S/C14H18N4OS2/c1-18(2)14-17-12(15)11(21-14)13(19)16-9-4-3-5-10-8(9)6-7-20-10/h6-7,9H,3-5,15H2,1-2H3,(H,16,19). The first kappa shape index (κ1) is 14.3. The van der Waals surface area contributed by atoms with Gasteiger partial charge in [0, 0.05) is 19.0 Å². The SMILES string of the molecule is CN(C)c1nc(N)c(C(=O)NC2CCCc3sccc32)s1. The number of nitrogens with one attached hydrogen (secondary N) is 1. The van der Waals surface area contributed by atoms with Gasteiger partial charge >= 0.3 is 0 Å². The lowest BCUT2D eigenvalue weighted by Gasteiger charge is -2.23. The summed E-state index contributed by atoms with van der Waals surface area (Å²) in [7, 11) is 3.78. The van der Waals surface area contributed by atoms with Crippen molar-refractivity contribution in [2.45, 2.75) is 25.3 Å². The van der Waals surface area contributed by atoms with Gasteiger partial charge < -0.3 is 16.0 Å². The first-order valence-electron chi connectivity index (χ1n) is 6.87. The summed E-state index contributed by atoms with van der Waals surface area (Å²) in [4.78, 5) is 20.4. The molecule has 5 nitrogen and oxygen atoms in total. The fraction of sp³-hybridized carbons (Fsp3) is 0.429. The first-order valence-corrected chi connectivity index (χ1v) is 8.56. The zero-order valence-corrected chi connectivity index (χ0v) is 13.7. The minimum Gasteiger partial charge on any atom is -0.382 e. The van der Waals surface area contributed by atoms with Gasteiger partial charge in [0.25, 0.3) is 5.91 Å². The summed E-state index contributed by atoms with van der Waals surface area (Å²) < 4.78 is 0. The van der Waals surface area contributed by atoms with Crippen LogP contribution >= 0.6 is 22.7 Å². The van der Waals surface area contributed by atoms with Gasteiger partial charge in [-0.25, -0.2) is 4.98 Å². The second-order valence-electron chi connectivity index (χ2n) is 5.32. The Hall–Kier alpha value is -1.60. The van der Waals surface area contributed by atoms with Crippen molar-refractivity contribution in [3.05, 3.63) is 26.8 Å². The van der Waals surface area contributed by atoms with Crippen molar-refractivity contribution in [3.63, 3.8) is 0 Å². The summed E-state index contributed by atoms with van der Waals surface area (Å²) in [5.41, 5.74) is 7.13. The predicted octanol–water partition coefficient (Wildman–Crippen LogP) is 2.66. The molecule has 0 spiro atoms. The van der Waals surface area contributed by atoms with Crippen LogP contribution in [-0.4, -0.2) is 25.0 Å². The third kappa shape index (κ3) is 2.75. The molecule has 1 aliphatic rings. The number of thiazole rings is 1. The Balaban J connectivity index is 1.79. The maximum atomic E-state index is 12.5. The van der Waals surface area contributed by atoms with Crippen molar-refractivity contribution >= 4 is 39.5 Å². The lowest BCUT2D eigenvalue weighted by atomic mass is 9.94. The van der Waals surface area contributed by atoms with Crippen molar-refractivity contribution in [3.8, 4) is 0 Å². The number of fused-ring (bicyclic) bond motifs is 1. The summed E-state index contributed by atoms with van der Waals surface area (Å²) in [6.07, 6.45) is 3.21. The molecule has 0 aliphatic heterocycles. The van der Waals surface area contributed by atoms with E-state index in [0.29, 0.717) is 10.7 Å². The topological polar surface area (TPSA) is 71.2 Å². The largest absolute Gasteiger partial charge is 0.382 e. The van der Waals surface area contributed by atoms with E-state index < -0.39 is 0 Å². The minimum absolute atomic E-state index is 0.0943. The molecule has 1 atom stereocenters. The summed E-state index contributed by atoms with van der Waals surface area (Å²) in [5, 5.41) is 5.96. The molecule has 0 bridgehead atoms. The molecule has 0 fully saturated rings. The van der Waals surface area contributed by atoms with Crippen LogP contribution in [-0.2, 0) is 6.42 Å². The van der Waals surface area contributed by atoms with E-state index in [1.54, 1.807) is 11.3 Å². The molecule has 112 valence electrons. The number of nitrogens with two attached hydrogens (primary N) is 1. The van der Waals surface area contributed by atoms with Gasteiger partial charge in [0.2, 0.25) is 0 Å². The molecule has 2 aromatic rings. The van der Waals surface area contributed by atoms with Gasteiger partial charge in [0.05, 0.1) is 6.04 Å². The van der Waals surface area contributed by atoms with Crippen LogP contribution in [0.1, 0.15) is 39.0 Å². The van der Waals surface area contributed by atoms with E-state index in [2.05, 4.69) is 21.7 Å². The van der Waals surface area contributed by atoms with Gasteiger partial charge in [-0.3, -0.25) is 4.79 Å². The Kier molecular flexibility index (Phi) is 3.86. The lowest BCUT2D eigenvalue weighted by molar-refractivity contribution is 0.0937. The molecule has 0 radical (unpaired) electrons. The normalized spacial score (nSPS) is 17.3. The second-order valence-corrected chi connectivity index (χ2v) is 7.30. The summed E-state index contributed by atoms with van der Waals surface area (Å²) in [6, 6.07) is 2.21. The molecule has 3 N–H and O–H groups in total. The summed E-state index contributed by atoms with van der Waals surface area (Å²) in [5.74, 6) is 0.185. The quantitative estimate of drug-likeness (QED) is 0.911. The van der Waals surface area contributed by atoms with Crippen molar-refractivity contribution in [1.82, 2.24) is 10.3 Å². The zero-order valence-electron chi connectivity index (χ0n) is 12.0. The highest BCUT2D eigenvalue weighted by Gasteiger charge is 2.25. The number of amides is 1. The third-order valence-electron chi connectivity index (χ3n) is 3.59. The number of carbonyl (C=O) groups is 1. The van der Waals surface area contributed by atoms with Crippen molar-refractivity contribution in [2.24, 2.45) is 0 Å². The summed E-state index contributed by atoms with van der Waals surface area (Å²) in [6.45, 7) is 0. The summed E-state index contributed by atoms with van der Waals surface area (Å²) >= 11 is 3.10. The Morgan fingerprint density at radius 3 is 3.05 bits per heavy atom. The van der Waals surface area contributed by atoms with Gasteiger partial charge in [-0.15, -0.1) is 11.3 Å². The van der Waals surface area contributed by atoms with Gasteiger partial charge in [-0.05, 0) is 36.3 Å². The fourth-order valence-corrected chi connectivity index (χ4v) is 4.33. The van der Waals surface area contributed by atoms with Crippen LogP contribution in [0.3, 0.4) is 0 Å². The molecule has 1 aliphatic carbocycles. The molecule has 2 aromatic heterocycles. The van der Waals surface area contributed by atoms with Crippen LogP contribution in [0.2, 0.25) is 0 Å². The number of rotatable bonds is 3. The Labute approximate surface area is 131 Å². The van der Waals surface area contributed by atoms with Crippen LogP contribution in [0.25, 0.3) is 0 Å². The van der Waals surface area contributed by atoms with Crippen LogP contribution in [0.5, 0.6) is 0 Å². The van der Waals surface area contributed by atoms with E-state index in [-0.39, 0.29) is 11.9 Å². The average molecular weight is 322 g/mol. The van der Waals surface area contributed by atoms with Gasteiger partial charge in [-0.1, -0.05) is 11.3 Å². The highest BCUT2D eigenvalue weighted by atomic mass is 32.1. The monoisotopic (exact) mass is 322 g/mol. The Morgan fingerprint density at radius 1 is 1.52 bits per heavy atom. The van der Waals surface area contributed by atoms with Gasteiger partial charge in [0.15, 0.2) is 5.13 Å². The second kappa shape index (κ2) is 5.65. The number of nitrogens with zero attached hydrogens (tertiary/aromatic N) is 2. The molecule has 0 aromatic carbocycles. The van der Waals surface area contributed by atoms with Crippen LogP contribution in [0, 0.1) is 0 Å². The van der Waals surface area contributed by atoms with Crippen molar-refractivity contribution in [2.75, 3.05) is 24.7 Å². The molecule has 1 unspecified atom stereocenters. The van der Waals surface area contributed by atoms with Crippen LogP contribution < -0.4 is 16.0 Å². The predicted molar refractivity (Wildman–Crippen MR) is 88.3 cm³/mol. The van der Waals surface area contributed by atoms with E-state index in [1.807, 2.05) is 19.0 Å². The molecule has 3 rings (SSSR count). The number of carbonyl (C=O) groups excluding carboxylic acids is 1. The number of hydrogen-bond donors (Lipinski definition) is 2. The van der Waals surface area contributed by atoms with Crippen molar-refractivity contribution in [1.29, 1.82) is 0 Å². The van der Waals surface area contributed by atoms with Crippen LogP contribution in [0.4, 0.5) is 10.9 Å². The van der Waals surface area contributed by atoms with E-state index >= 15 is 0 Å². The highest BCUT2D eigenvalue weighted by Crippen LogP contribution is 2.34. The molecular formula is C14H18N4OS2. The molecular weight excluding hydrogens is 304 g/mol. The maximum Gasteiger partial charge on any atom is 0.265 e. The van der Waals surface area contributed by atoms with Crippen LogP contribution in [0.15, 0.2) is 11.4 Å². The van der Waals surface area contributed by atoms with Gasteiger partial charge in [-0.2, -0.15) is 0 Å². The number of nitrogen functional groups attached to an aromatic ring is 1.